The fraction of sp³-hybridized carbons (Fsp3) is 0.488. The Morgan fingerprint density at radius 3 is 2.10 bits per heavy atom. The second-order valence-corrected chi connectivity index (χ2v) is 20.2. The van der Waals surface area contributed by atoms with Gasteiger partial charge in [-0.3, -0.25) is 28.9 Å². The van der Waals surface area contributed by atoms with Crippen molar-refractivity contribution < 1.29 is 63.0 Å². The maximum absolute atomic E-state index is 14.1. The van der Waals surface area contributed by atoms with E-state index in [-0.39, 0.29) is 46.6 Å². The van der Waals surface area contributed by atoms with Gasteiger partial charge in [0.05, 0.1) is 41.4 Å². The number of primary amides is 1. The van der Waals surface area contributed by atoms with Crippen LogP contribution in [0.15, 0.2) is 57.9 Å². The van der Waals surface area contributed by atoms with Crippen LogP contribution in [0.4, 0.5) is 11.4 Å². The predicted molar refractivity (Wildman–Crippen MR) is 233 cm³/mol. The fourth-order valence-corrected chi connectivity index (χ4v) is 8.70. The Hall–Kier alpha value is -4.80. The SMILES string of the molecule is CN(C)c1cc(NC(=O)CNC(C)(C)C)c(O)c2c1C[C@H]1C[C@H]3[C@H](N(C)C)C(O)=C(C(N)=O)C(=O)[C@@]3(O)C(O)=C1C2=O.CS(=O)(=O)c1ccc([C@@H](O)[C@@H](CO)NC(=O)C(Cl)Cl)cc1. The van der Waals surface area contributed by atoms with Gasteiger partial charge in [-0.2, -0.15) is 0 Å². The molecule has 6 atom stereocenters. The number of ketones is 2. The molecule has 0 fully saturated rings. The number of nitrogens with one attached hydrogen (secondary N) is 3. The third-order valence-electron chi connectivity index (χ3n) is 11.0. The molecule has 3 aliphatic rings. The lowest BCUT2D eigenvalue weighted by molar-refractivity contribution is -0.148. The Bertz CT molecular complexity index is 2350. The van der Waals surface area contributed by atoms with Crippen LogP contribution >= 0.6 is 23.2 Å². The minimum atomic E-state index is -3.34. The number of phenols is 1. The van der Waals surface area contributed by atoms with Gasteiger partial charge in [0.2, 0.25) is 11.7 Å². The number of carbonyl (C=O) groups is 5. The lowest BCUT2D eigenvalue weighted by Crippen LogP contribution is -2.63. The molecule has 0 saturated carbocycles. The summed E-state index contributed by atoms with van der Waals surface area (Å²) in [4.78, 5) is 65.7. The monoisotopic (exact) mass is 940 g/mol. The van der Waals surface area contributed by atoms with Gasteiger partial charge >= 0.3 is 0 Å². The highest BCUT2D eigenvalue weighted by molar-refractivity contribution is 7.90. The number of aliphatic hydroxyl groups is 5. The lowest BCUT2D eigenvalue weighted by atomic mass is 9.58. The third-order valence-corrected chi connectivity index (χ3v) is 12.5. The highest BCUT2D eigenvalue weighted by atomic mass is 35.5. The van der Waals surface area contributed by atoms with Crippen molar-refractivity contribution in [1.29, 1.82) is 0 Å². The highest BCUT2D eigenvalue weighted by Gasteiger charge is 2.63. The second-order valence-electron chi connectivity index (χ2n) is 17.0. The summed E-state index contributed by atoms with van der Waals surface area (Å²) >= 11 is 10.7. The Morgan fingerprint density at radius 1 is 1.03 bits per heavy atom. The number of amides is 3. The highest BCUT2D eigenvalue weighted by Crippen LogP contribution is 2.54. The first-order valence-corrected chi connectivity index (χ1v) is 22.2. The number of aliphatic hydroxyl groups excluding tert-OH is 4. The topological polar surface area (TPSA) is 309 Å². The first kappa shape index (κ1) is 50.8. The number of likely N-dealkylation sites (N-methyl/N-ethyl adjacent to an activating group) is 1. The average Bonchev–Trinajstić information content (AvgIpc) is 3.17. The number of phenolic OH excluding ortho intramolecular Hbond substituents is 1. The molecule has 19 nitrogen and oxygen atoms in total. The molecule has 0 aliphatic heterocycles. The van der Waals surface area contributed by atoms with Gasteiger partial charge in [-0.05, 0) is 83.0 Å². The molecule has 22 heteroatoms. The molecular formula is C41H54Cl2N6O13S. The van der Waals surface area contributed by atoms with Gasteiger partial charge in [0, 0.05) is 43.1 Å². The quantitative estimate of drug-likeness (QED) is 0.0804. The number of hydrogen-bond acceptors (Lipinski definition) is 16. The number of nitrogens with two attached hydrogens (primary N) is 1. The number of anilines is 2. The number of fused-ring (bicyclic) bond motifs is 3. The zero-order valence-corrected chi connectivity index (χ0v) is 38.2. The van der Waals surface area contributed by atoms with Crippen LogP contribution in [0.3, 0.4) is 0 Å². The van der Waals surface area contributed by atoms with Crippen molar-refractivity contribution in [1.82, 2.24) is 15.5 Å². The number of hydrogen-bond donors (Lipinski definition) is 10. The third kappa shape index (κ3) is 10.4. The van der Waals surface area contributed by atoms with Gasteiger partial charge in [0.25, 0.3) is 11.8 Å². The van der Waals surface area contributed by atoms with E-state index in [1.54, 1.807) is 39.2 Å². The van der Waals surface area contributed by atoms with Gasteiger partial charge in [-0.25, -0.2) is 8.42 Å². The van der Waals surface area contributed by atoms with E-state index in [0.29, 0.717) is 16.8 Å². The number of allylic oxidation sites excluding steroid dienone is 1. The molecule has 0 radical (unpaired) electrons. The molecule has 3 aliphatic carbocycles. The number of aromatic hydroxyl groups is 1. The summed E-state index contributed by atoms with van der Waals surface area (Å²) in [6.07, 6.45) is -0.0539. The molecule has 5 rings (SSSR count). The van der Waals surface area contributed by atoms with E-state index < -0.39 is 109 Å². The van der Waals surface area contributed by atoms with Crippen molar-refractivity contribution in [3.63, 3.8) is 0 Å². The number of benzene rings is 2. The summed E-state index contributed by atoms with van der Waals surface area (Å²) in [6, 6.07) is 4.93. The standard InChI is InChI=1S/C29H39N5O8.C12H15Cl2NO5S/c1-28(2,3)31-11-17(35)32-15-10-16(33(4)5)13-8-12-9-14-21(34(6)7)24(38)20(27(30)41)26(40)29(14,42)25(39)18(12)23(37)19(13)22(15)36;1-21(19,20)8-4-2-7(3-5-8)10(17)9(6-16)15-12(18)11(13)14/h10,12,14,21,31,36,38-39,42H,8-9,11H2,1-7H3,(H2,30,41)(H,32,35);2-5,9-11,16-17H,6H2,1H3,(H,15,18)/t12-,14-,21-,29-;9-,10-/m01/s1. The van der Waals surface area contributed by atoms with Crippen molar-refractivity contribution in [2.75, 3.05) is 57.8 Å². The number of Topliss-reactive ketones (excluding diaryl/α,β-unsaturated/α-hetero) is 2. The Balaban J connectivity index is 0.000000349. The Kier molecular flexibility index (Phi) is 15.4. The number of halogens is 2. The molecule has 0 bridgehead atoms. The molecule has 63 heavy (non-hydrogen) atoms. The Morgan fingerprint density at radius 2 is 1.62 bits per heavy atom. The van der Waals surface area contributed by atoms with Crippen LogP contribution in [-0.2, 0) is 35.4 Å². The van der Waals surface area contributed by atoms with E-state index in [4.69, 9.17) is 28.9 Å². The summed E-state index contributed by atoms with van der Waals surface area (Å²) in [6.45, 7) is 5.06. The van der Waals surface area contributed by atoms with E-state index >= 15 is 0 Å². The van der Waals surface area contributed by atoms with Gasteiger partial charge < -0.3 is 57.2 Å². The molecule has 0 heterocycles. The number of carbonyl (C=O) groups excluding carboxylic acids is 5. The van der Waals surface area contributed by atoms with Crippen molar-refractivity contribution in [3.8, 4) is 5.75 Å². The number of alkyl halides is 2. The van der Waals surface area contributed by atoms with E-state index in [9.17, 15) is 63.0 Å². The molecule has 346 valence electrons. The van der Waals surface area contributed by atoms with Crippen molar-refractivity contribution in [2.24, 2.45) is 17.6 Å². The molecule has 11 N–H and O–H groups in total. The van der Waals surface area contributed by atoms with Crippen LogP contribution in [0.2, 0.25) is 0 Å². The lowest BCUT2D eigenvalue weighted by Gasteiger charge is -2.50. The van der Waals surface area contributed by atoms with Crippen LogP contribution in [0, 0.1) is 11.8 Å². The minimum absolute atomic E-state index is 0.0175. The molecule has 0 unspecified atom stereocenters. The molecule has 0 spiro atoms. The van der Waals surface area contributed by atoms with Crippen molar-refractivity contribution >= 4 is 73.7 Å². The summed E-state index contributed by atoms with van der Waals surface area (Å²) in [5, 5.41) is 72.7. The van der Waals surface area contributed by atoms with Crippen LogP contribution in [0.25, 0.3) is 0 Å². The summed E-state index contributed by atoms with van der Waals surface area (Å²) in [5.41, 5.74) is 2.30. The molecule has 0 saturated heterocycles. The Labute approximate surface area is 374 Å². The van der Waals surface area contributed by atoms with E-state index in [2.05, 4.69) is 16.0 Å². The van der Waals surface area contributed by atoms with Crippen molar-refractivity contribution in [2.45, 2.75) is 72.7 Å². The predicted octanol–water partition coefficient (Wildman–Crippen LogP) is 0.918. The fourth-order valence-electron chi connectivity index (χ4n) is 7.95. The van der Waals surface area contributed by atoms with E-state index in [1.807, 2.05) is 20.8 Å². The van der Waals surface area contributed by atoms with Crippen molar-refractivity contribution in [3.05, 3.63) is 69.7 Å². The van der Waals surface area contributed by atoms with Gasteiger partial charge in [-0.1, -0.05) is 35.3 Å². The molecular weight excluding hydrogens is 887 g/mol. The maximum Gasteiger partial charge on any atom is 0.255 e. The number of nitrogens with zero attached hydrogens (tertiary/aromatic N) is 2. The van der Waals surface area contributed by atoms with Crippen LogP contribution in [0.1, 0.15) is 54.8 Å². The van der Waals surface area contributed by atoms with E-state index in [0.717, 1.165) is 6.26 Å². The smallest absolute Gasteiger partial charge is 0.255 e. The normalized spacial score (nSPS) is 22.0. The second kappa shape index (κ2) is 19.1. The molecule has 0 aromatic heterocycles. The first-order chi connectivity index (χ1) is 29.0. The largest absolute Gasteiger partial charge is 0.510 e. The molecule has 2 aromatic carbocycles. The first-order valence-electron chi connectivity index (χ1n) is 19.4. The van der Waals surface area contributed by atoms with E-state index in [1.165, 1.54) is 29.2 Å². The number of rotatable bonds is 12. The average molecular weight is 942 g/mol. The van der Waals surface area contributed by atoms with Crippen LogP contribution in [-0.4, -0.2) is 149 Å². The van der Waals surface area contributed by atoms with Gasteiger partial charge in [-0.15, -0.1) is 0 Å². The van der Waals surface area contributed by atoms with Crippen LogP contribution < -0.4 is 26.6 Å². The molecule has 3 amide bonds. The minimum Gasteiger partial charge on any atom is -0.510 e. The van der Waals surface area contributed by atoms with Gasteiger partial charge in [0.15, 0.2) is 31.8 Å². The zero-order chi connectivity index (χ0) is 47.8. The summed E-state index contributed by atoms with van der Waals surface area (Å²) in [7, 11) is 3.28. The summed E-state index contributed by atoms with van der Waals surface area (Å²) < 4.78 is 22.7. The molecule has 2 aromatic rings. The van der Waals surface area contributed by atoms with Gasteiger partial charge in [0.1, 0.15) is 23.2 Å². The van der Waals surface area contributed by atoms with Crippen LogP contribution in [0.5, 0.6) is 5.75 Å². The zero-order valence-electron chi connectivity index (χ0n) is 35.9. The summed E-state index contributed by atoms with van der Waals surface area (Å²) in [5.74, 6) is -8.54. The number of sulfone groups is 1. The maximum atomic E-state index is 14.1.